The average Bonchev–Trinajstić information content (AvgIpc) is 2.46. The SMILES string of the molecule is CSc1cccc(NC(=O)CSc2ccccc2Cl)c1. The van der Waals surface area contributed by atoms with Gasteiger partial charge in [0.05, 0.1) is 10.8 Å². The number of hydrogen-bond acceptors (Lipinski definition) is 3. The smallest absolute Gasteiger partial charge is 0.234 e. The van der Waals surface area contributed by atoms with Gasteiger partial charge < -0.3 is 5.32 Å². The zero-order chi connectivity index (χ0) is 14.4. The summed E-state index contributed by atoms with van der Waals surface area (Å²) in [5.41, 5.74) is 0.821. The lowest BCUT2D eigenvalue weighted by Gasteiger charge is -2.07. The lowest BCUT2D eigenvalue weighted by atomic mass is 10.3. The van der Waals surface area contributed by atoms with Gasteiger partial charge in [-0.1, -0.05) is 29.8 Å². The van der Waals surface area contributed by atoms with Gasteiger partial charge in [0.2, 0.25) is 5.91 Å². The maximum absolute atomic E-state index is 11.9. The molecule has 0 aliphatic rings. The second-order valence-corrected chi connectivity index (χ2v) is 6.30. The van der Waals surface area contributed by atoms with Crippen molar-refractivity contribution in [2.24, 2.45) is 0 Å². The molecule has 0 atom stereocenters. The molecule has 20 heavy (non-hydrogen) atoms. The molecule has 0 spiro atoms. The molecule has 2 aromatic carbocycles. The van der Waals surface area contributed by atoms with E-state index in [9.17, 15) is 4.79 Å². The number of benzene rings is 2. The van der Waals surface area contributed by atoms with E-state index >= 15 is 0 Å². The fourth-order valence-corrected chi connectivity index (χ4v) is 3.10. The highest BCUT2D eigenvalue weighted by molar-refractivity contribution is 8.00. The minimum absolute atomic E-state index is 0.0341. The fraction of sp³-hybridized carbons (Fsp3) is 0.133. The molecule has 0 heterocycles. The van der Waals surface area contributed by atoms with Crippen molar-refractivity contribution in [3.8, 4) is 0 Å². The van der Waals surface area contributed by atoms with E-state index in [1.54, 1.807) is 11.8 Å². The van der Waals surface area contributed by atoms with Crippen LogP contribution in [0.25, 0.3) is 0 Å². The number of rotatable bonds is 5. The lowest BCUT2D eigenvalue weighted by molar-refractivity contribution is -0.113. The first-order valence-electron chi connectivity index (χ1n) is 6.00. The summed E-state index contributed by atoms with van der Waals surface area (Å²) in [6, 6.07) is 15.3. The molecule has 0 saturated carbocycles. The minimum atomic E-state index is -0.0341. The van der Waals surface area contributed by atoms with Crippen LogP contribution in [0.3, 0.4) is 0 Å². The topological polar surface area (TPSA) is 29.1 Å². The molecule has 0 radical (unpaired) electrons. The molecule has 0 fully saturated rings. The van der Waals surface area contributed by atoms with Gasteiger partial charge in [-0.2, -0.15) is 0 Å². The second-order valence-electron chi connectivity index (χ2n) is 4.00. The number of carbonyl (C=O) groups is 1. The highest BCUT2D eigenvalue weighted by Crippen LogP contribution is 2.26. The van der Waals surface area contributed by atoms with Crippen LogP contribution in [0.15, 0.2) is 58.3 Å². The van der Waals surface area contributed by atoms with Crippen LogP contribution in [0.2, 0.25) is 5.02 Å². The molecule has 0 unspecified atom stereocenters. The zero-order valence-electron chi connectivity index (χ0n) is 10.9. The van der Waals surface area contributed by atoms with Gasteiger partial charge in [0.25, 0.3) is 0 Å². The quantitative estimate of drug-likeness (QED) is 0.802. The Balaban J connectivity index is 1.91. The molecule has 2 aromatic rings. The molecule has 0 bridgehead atoms. The van der Waals surface area contributed by atoms with Crippen molar-refractivity contribution in [2.45, 2.75) is 9.79 Å². The first-order valence-corrected chi connectivity index (χ1v) is 8.59. The van der Waals surface area contributed by atoms with Crippen LogP contribution in [0.5, 0.6) is 0 Å². The summed E-state index contributed by atoms with van der Waals surface area (Å²) in [7, 11) is 0. The largest absolute Gasteiger partial charge is 0.325 e. The van der Waals surface area contributed by atoms with E-state index in [2.05, 4.69) is 5.32 Å². The first kappa shape index (κ1) is 15.3. The van der Waals surface area contributed by atoms with Crippen LogP contribution >= 0.6 is 35.1 Å². The van der Waals surface area contributed by atoms with Crippen molar-refractivity contribution in [3.05, 3.63) is 53.6 Å². The molecular formula is C15H14ClNOS2. The summed E-state index contributed by atoms with van der Waals surface area (Å²) >= 11 is 9.14. The predicted molar refractivity (Wildman–Crippen MR) is 89.0 cm³/mol. The van der Waals surface area contributed by atoms with Gasteiger partial charge in [0.15, 0.2) is 0 Å². The Morgan fingerprint density at radius 2 is 2.00 bits per heavy atom. The number of anilines is 1. The third kappa shape index (κ3) is 4.47. The van der Waals surface area contributed by atoms with E-state index in [1.807, 2.05) is 54.8 Å². The molecule has 0 saturated heterocycles. The maximum atomic E-state index is 11.9. The molecule has 0 aliphatic carbocycles. The van der Waals surface area contributed by atoms with Gasteiger partial charge in [-0.05, 0) is 36.6 Å². The Labute approximate surface area is 132 Å². The van der Waals surface area contributed by atoms with E-state index in [4.69, 9.17) is 11.6 Å². The number of carbonyl (C=O) groups excluding carboxylic acids is 1. The monoisotopic (exact) mass is 323 g/mol. The van der Waals surface area contributed by atoms with Crippen LogP contribution in [-0.2, 0) is 4.79 Å². The third-order valence-corrected chi connectivity index (χ3v) is 4.79. The van der Waals surface area contributed by atoms with Crippen LogP contribution < -0.4 is 5.32 Å². The highest BCUT2D eigenvalue weighted by atomic mass is 35.5. The molecule has 2 nitrogen and oxygen atoms in total. The van der Waals surface area contributed by atoms with E-state index in [-0.39, 0.29) is 5.91 Å². The molecule has 1 amide bonds. The second kappa shape index (κ2) is 7.62. The number of halogens is 1. The maximum Gasteiger partial charge on any atom is 0.234 e. The molecule has 2 rings (SSSR count). The summed E-state index contributed by atoms with van der Waals surface area (Å²) < 4.78 is 0. The highest BCUT2D eigenvalue weighted by Gasteiger charge is 2.06. The van der Waals surface area contributed by atoms with Crippen LogP contribution in [-0.4, -0.2) is 17.9 Å². The van der Waals surface area contributed by atoms with E-state index < -0.39 is 0 Å². The van der Waals surface area contributed by atoms with Gasteiger partial charge in [-0.15, -0.1) is 23.5 Å². The normalized spacial score (nSPS) is 10.3. The first-order chi connectivity index (χ1) is 9.69. The number of amides is 1. The summed E-state index contributed by atoms with van der Waals surface area (Å²) in [5, 5.41) is 3.57. The average molecular weight is 324 g/mol. The van der Waals surface area contributed by atoms with Crippen LogP contribution in [0.4, 0.5) is 5.69 Å². The van der Waals surface area contributed by atoms with Gasteiger partial charge in [-0.25, -0.2) is 0 Å². The molecule has 5 heteroatoms. The van der Waals surface area contributed by atoms with Crippen molar-refractivity contribution in [3.63, 3.8) is 0 Å². The zero-order valence-corrected chi connectivity index (χ0v) is 13.3. The van der Waals surface area contributed by atoms with Crippen molar-refractivity contribution in [1.29, 1.82) is 0 Å². The molecular weight excluding hydrogens is 310 g/mol. The Bertz CT molecular complexity index is 604. The fourth-order valence-electron chi connectivity index (χ4n) is 1.60. The predicted octanol–water partition coefficient (Wildman–Crippen LogP) is 4.79. The van der Waals surface area contributed by atoms with Gasteiger partial charge in [0.1, 0.15) is 0 Å². The molecule has 0 aliphatic heterocycles. The van der Waals surface area contributed by atoms with E-state index in [1.165, 1.54) is 11.8 Å². The summed E-state index contributed by atoms with van der Waals surface area (Å²) in [4.78, 5) is 14.0. The van der Waals surface area contributed by atoms with Crippen molar-refractivity contribution < 1.29 is 4.79 Å². The standard InChI is InChI=1S/C15H14ClNOS2/c1-19-12-6-4-5-11(9-12)17-15(18)10-20-14-8-3-2-7-13(14)16/h2-9H,10H2,1H3,(H,17,18). The van der Waals surface area contributed by atoms with Crippen molar-refractivity contribution in [2.75, 3.05) is 17.3 Å². The lowest BCUT2D eigenvalue weighted by Crippen LogP contribution is -2.13. The Hall–Kier alpha value is -1.10. The summed E-state index contributed by atoms with van der Waals surface area (Å²) in [6.45, 7) is 0. The Morgan fingerprint density at radius 3 is 2.75 bits per heavy atom. The molecule has 1 N–H and O–H groups in total. The number of hydrogen-bond donors (Lipinski definition) is 1. The third-order valence-electron chi connectivity index (χ3n) is 2.55. The number of nitrogens with one attached hydrogen (secondary N) is 1. The summed E-state index contributed by atoms with van der Waals surface area (Å²) in [6.07, 6.45) is 2.01. The number of thioether (sulfide) groups is 2. The Kier molecular flexibility index (Phi) is 5.83. The van der Waals surface area contributed by atoms with Gasteiger partial charge in [0, 0.05) is 15.5 Å². The van der Waals surface area contributed by atoms with Crippen molar-refractivity contribution >= 4 is 46.7 Å². The van der Waals surface area contributed by atoms with Crippen molar-refractivity contribution in [1.82, 2.24) is 0 Å². The van der Waals surface area contributed by atoms with Gasteiger partial charge >= 0.3 is 0 Å². The van der Waals surface area contributed by atoms with Crippen LogP contribution in [0, 0.1) is 0 Å². The van der Waals surface area contributed by atoms with E-state index in [0.29, 0.717) is 10.8 Å². The minimum Gasteiger partial charge on any atom is -0.325 e. The molecule has 104 valence electrons. The van der Waals surface area contributed by atoms with E-state index in [0.717, 1.165) is 15.5 Å². The summed E-state index contributed by atoms with van der Waals surface area (Å²) in [5.74, 6) is 0.306. The van der Waals surface area contributed by atoms with Crippen LogP contribution in [0.1, 0.15) is 0 Å². The molecule has 0 aromatic heterocycles. The Morgan fingerprint density at radius 1 is 1.20 bits per heavy atom. The van der Waals surface area contributed by atoms with Gasteiger partial charge in [-0.3, -0.25) is 4.79 Å².